The summed E-state index contributed by atoms with van der Waals surface area (Å²) in [5, 5.41) is 0. The molecule has 0 fully saturated rings. The lowest BCUT2D eigenvalue weighted by Crippen LogP contribution is -2.21. The van der Waals surface area contributed by atoms with E-state index in [0.29, 0.717) is 4.90 Å². The Morgan fingerprint density at radius 2 is 1.77 bits per heavy atom. The van der Waals surface area contributed by atoms with Crippen molar-refractivity contribution in [2.45, 2.75) is 4.90 Å². The van der Waals surface area contributed by atoms with Crippen LogP contribution in [0, 0.1) is 0 Å². The molecule has 4 N–H and O–H groups in total. The van der Waals surface area contributed by atoms with Crippen LogP contribution in [-0.4, -0.2) is 11.8 Å². The summed E-state index contributed by atoms with van der Waals surface area (Å²) >= 11 is 3.99. The van der Waals surface area contributed by atoms with Gasteiger partial charge in [-0.25, -0.2) is 0 Å². The first kappa shape index (κ1) is 9.60. The van der Waals surface area contributed by atoms with Crippen molar-refractivity contribution < 1.29 is 9.59 Å². The zero-order valence-corrected chi connectivity index (χ0v) is 7.54. The van der Waals surface area contributed by atoms with E-state index in [9.17, 15) is 9.59 Å². The number of carbonyl (C=O) groups excluding carboxylic acids is 2. The van der Waals surface area contributed by atoms with Crippen molar-refractivity contribution in [3.05, 3.63) is 29.3 Å². The van der Waals surface area contributed by atoms with Gasteiger partial charge < -0.3 is 11.5 Å². The van der Waals surface area contributed by atoms with E-state index in [0.717, 1.165) is 0 Å². The minimum Gasteiger partial charge on any atom is -0.366 e. The molecule has 0 aliphatic carbocycles. The molecule has 0 aromatic heterocycles. The molecule has 0 saturated carbocycles. The van der Waals surface area contributed by atoms with Crippen molar-refractivity contribution in [2.75, 3.05) is 0 Å². The lowest BCUT2D eigenvalue weighted by molar-refractivity contribution is 0.0965. The molecule has 1 aromatic carbocycles. The minimum absolute atomic E-state index is 0.0679. The van der Waals surface area contributed by atoms with Crippen LogP contribution in [0.5, 0.6) is 0 Å². The second-order valence-corrected chi connectivity index (χ2v) is 2.91. The molecular weight excluding hydrogens is 188 g/mol. The summed E-state index contributed by atoms with van der Waals surface area (Å²) in [5.74, 6) is -1.40. The van der Waals surface area contributed by atoms with Crippen molar-refractivity contribution in [2.24, 2.45) is 11.5 Å². The van der Waals surface area contributed by atoms with Gasteiger partial charge in [-0.2, -0.15) is 0 Å². The molecule has 2 amide bonds. The molecule has 1 rings (SSSR count). The van der Waals surface area contributed by atoms with Gasteiger partial charge in [0.1, 0.15) is 0 Å². The highest BCUT2D eigenvalue weighted by Crippen LogP contribution is 2.17. The number of thiol groups is 1. The van der Waals surface area contributed by atoms with E-state index >= 15 is 0 Å². The summed E-state index contributed by atoms with van der Waals surface area (Å²) in [6.07, 6.45) is 0. The van der Waals surface area contributed by atoms with Gasteiger partial charge in [0.15, 0.2) is 0 Å². The Morgan fingerprint density at radius 3 is 2.15 bits per heavy atom. The topological polar surface area (TPSA) is 86.2 Å². The first-order valence-electron chi connectivity index (χ1n) is 3.45. The van der Waals surface area contributed by atoms with Crippen molar-refractivity contribution in [1.29, 1.82) is 0 Å². The summed E-state index contributed by atoms with van der Waals surface area (Å²) in [7, 11) is 0. The maximum absolute atomic E-state index is 10.9. The van der Waals surface area contributed by atoms with Gasteiger partial charge in [0.2, 0.25) is 5.91 Å². The number of primary amides is 2. The Labute approximate surface area is 80.3 Å². The predicted molar refractivity (Wildman–Crippen MR) is 50.7 cm³/mol. The monoisotopic (exact) mass is 196 g/mol. The number of rotatable bonds is 2. The van der Waals surface area contributed by atoms with Crippen molar-refractivity contribution in [1.82, 2.24) is 0 Å². The summed E-state index contributed by atoms with van der Waals surface area (Å²) in [5.41, 5.74) is 10.3. The molecule has 0 spiro atoms. The Morgan fingerprint density at radius 1 is 1.15 bits per heavy atom. The minimum atomic E-state index is -0.709. The normalized spacial score (nSPS) is 9.62. The third-order valence-electron chi connectivity index (χ3n) is 1.55. The van der Waals surface area contributed by atoms with Gasteiger partial charge in [-0.05, 0) is 12.1 Å². The zero-order valence-electron chi connectivity index (χ0n) is 6.65. The van der Waals surface area contributed by atoms with E-state index in [-0.39, 0.29) is 11.1 Å². The molecule has 0 saturated heterocycles. The van der Waals surface area contributed by atoms with Crippen LogP contribution < -0.4 is 11.5 Å². The van der Waals surface area contributed by atoms with Gasteiger partial charge in [-0.15, -0.1) is 12.6 Å². The third kappa shape index (κ3) is 1.81. The van der Waals surface area contributed by atoms with Crippen LogP contribution in [0.3, 0.4) is 0 Å². The fourth-order valence-electron chi connectivity index (χ4n) is 1.00. The molecule has 13 heavy (non-hydrogen) atoms. The van der Waals surface area contributed by atoms with Crippen LogP contribution in [0.1, 0.15) is 20.7 Å². The molecule has 0 aliphatic heterocycles. The first-order valence-corrected chi connectivity index (χ1v) is 3.90. The quantitative estimate of drug-likeness (QED) is 0.589. The molecular formula is C8H8N2O2S. The van der Waals surface area contributed by atoms with Gasteiger partial charge in [0.05, 0.1) is 11.1 Å². The summed E-state index contributed by atoms with van der Waals surface area (Å²) < 4.78 is 0. The summed E-state index contributed by atoms with van der Waals surface area (Å²) in [4.78, 5) is 22.1. The van der Waals surface area contributed by atoms with E-state index in [1.165, 1.54) is 6.07 Å². The van der Waals surface area contributed by atoms with Gasteiger partial charge in [0, 0.05) is 4.90 Å². The molecule has 5 heteroatoms. The van der Waals surface area contributed by atoms with E-state index in [2.05, 4.69) is 12.6 Å². The van der Waals surface area contributed by atoms with Crippen molar-refractivity contribution >= 4 is 24.4 Å². The third-order valence-corrected chi connectivity index (χ3v) is 1.93. The maximum atomic E-state index is 10.9. The summed E-state index contributed by atoms with van der Waals surface area (Å²) in [6, 6.07) is 4.58. The Hall–Kier alpha value is -1.49. The van der Waals surface area contributed by atoms with Crippen LogP contribution in [0.25, 0.3) is 0 Å². The molecule has 0 bridgehead atoms. The SMILES string of the molecule is NC(=O)c1cccc(S)c1C(N)=O. The molecule has 68 valence electrons. The Balaban J connectivity index is 3.43. The van der Waals surface area contributed by atoms with Crippen LogP contribution in [0.15, 0.2) is 23.1 Å². The fourth-order valence-corrected chi connectivity index (χ4v) is 1.32. The molecule has 0 aliphatic rings. The smallest absolute Gasteiger partial charge is 0.250 e. The lowest BCUT2D eigenvalue weighted by Gasteiger charge is -2.04. The number of hydrogen-bond donors (Lipinski definition) is 3. The number of amides is 2. The van der Waals surface area contributed by atoms with E-state index in [1.807, 2.05) is 0 Å². The Kier molecular flexibility index (Phi) is 2.57. The van der Waals surface area contributed by atoms with Gasteiger partial charge >= 0.3 is 0 Å². The lowest BCUT2D eigenvalue weighted by atomic mass is 10.1. The maximum Gasteiger partial charge on any atom is 0.250 e. The van der Waals surface area contributed by atoms with Crippen molar-refractivity contribution in [3.8, 4) is 0 Å². The van der Waals surface area contributed by atoms with Crippen LogP contribution in [0.2, 0.25) is 0 Å². The average Bonchev–Trinajstić information content (AvgIpc) is 2.02. The second-order valence-electron chi connectivity index (χ2n) is 2.43. The number of benzene rings is 1. The molecule has 1 aromatic rings. The second kappa shape index (κ2) is 3.49. The van der Waals surface area contributed by atoms with E-state index in [1.54, 1.807) is 12.1 Å². The van der Waals surface area contributed by atoms with Gasteiger partial charge in [-0.1, -0.05) is 6.07 Å². The number of hydrogen-bond acceptors (Lipinski definition) is 3. The standard InChI is InChI=1S/C8H8N2O2S/c9-7(11)4-2-1-3-5(13)6(4)8(10)12/h1-3,13H,(H2,9,11)(H2,10,12). The van der Waals surface area contributed by atoms with Gasteiger partial charge in [0.25, 0.3) is 5.91 Å². The fraction of sp³-hybridized carbons (Fsp3) is 0. The largest absolute Gasteiger partial charge is 0.366 e. The van der Waals surface area contributed by atoms with Crippen LogP contribution in [-0.2, 0) is 0 Å². The van der Waals surface area contributed by atoms with Crippen LogP contribution >= 0.6 is 12.6 Å². The zero-order chi connectivity index (χ0) is 10.0. The highest BCUT2D eigenvalue weighted by Gasteiger charge is 2.14. The molecule has 0 heterocycles. The first-order chi connectivity index (χ1) is 6.04. The summed E-state index contributed by atoms with van der Waals surface area (Å²) in [6.45, 7) is 0. The molecule has 4 nitrogen and oxygen atoms in total. The number of nitrogens with two attached hydrogens (primary N) is 2. The molecule has 0 atom stereocenters. The highest BCUT2D eigenvalue weighted by molar-refractivity contribution is 7.80. The van der Waals surface area contributed by atoms with Crippen LogP contribution in [0.4, 0.5) is 0 Å². The van der Waals surface area contributed by atoms with Gasteiger partial charge in [-0.3, -0.25) is 9.59 Å². The molecule has 0 radical (unpaired) electrons. The predicted octanol–water partition coefficient (Wildman–Crippen LogP) is 0.173. The number of carbonyl (C=O) groups is 2. The molecule has 0 unspecified atom stereocenters. The van der Waals surface area contributed by atoms with Crippen molar-refractivity contribution in [3.63, 3.8) is 0 Å². The Bertz CT molecular complexity index is 376. The van der Waals surface area contributed by atoms with E-state index < -0.39 is 11.8 Å². The highest BCUT2D eigenvalue weighted by atomic mass is 32.1. The van der Waals surface area contributed by atoms with E-state index in [4.69, 9.17) is 11.5 Å². The average molecular weight is 196 g/mol.